The molecule has 0 atom stereocenters. The third-order valence-corrected chi connectivity index (χ3v) is 1.82. The minimum absolute atomic E-state index is 0.196. The van der Waals surface area contributed by atoms with E-state index in [0.29, 0.717) is 13.0 Å². The van der Waals surface area contributed by atoms with E-state index in [1.165, 1.54) is 0 Å². The van der Waals surface area contributed by atoms with Crippen molar-refractivity contribution in [3.63, 3.8) is 0 Å². The highest BCUT2D eigenvalue weighted by Crippen LogP contribution is 2.12. The van der Waals surface area contributed by atoms with Gasteiger partial charge in [-0.25, -0.2) is 0 Å². The van der Waals surface area contributed by atoms with Gasteiger partial charge < -0.3 is 11.1 Å². The highest BCUT2D eigenvalue weighted by atomic mass is 35.5. The molecule has 1 aromatic carbocycles. The van der Waals surface area contributed by atoms with Gasteiger partial charge in [0.05, 0.1) is 5.84 Å². The van der Waals surface area contributed by atoms with E-state index in [0.717, 1.165) is 10.7 Å². The van der Waals surface area contributed by atoms with Crippen LogP contribution in [-0.2, 0) is 0 Å². The average Bonchev–Trinajstić information content (AvgIpc) is 2.08. The zero-order valence-electron chi connectivity index (χ0n) is 7.18. The zero-order chi connectivity index (χ0) is 9.68. The van der Waals surface area contributed by atoms with Crippen molar-refractivity contribution in [2.75, 3.05) is 11.9 Å². The summed E-state index contributed by atoms with van der Waals surface area (Å²) >= 11 is 5.71. The van der Waals surface area contributed by atoms with Crippen molar-refractivity contribution in [3.05, 3.63) is 29.3 Å². The van der Waals surface area contributed by atoms with E-state index >= 15 is 0 Å². The number of hydrogen-bond donors (Lipinski definition) is 3. The van der Waals surface area contributed by atoms with Crippen molar-refractivity contribution in [2.45, 2.75) is 6.42 Å². The van der Waals surface area contributed by atoms with Crippen molar-refractivity contribution in [1.29, 1.82) is 5.41 Å². The van der Waals surface area contributed by atoms with E-state index in [4.69, 9.17) is 22.7 Å². The maximum atomic E-state index is 7.01. The average molecular weight is 198 g/mol. The molecule has 3 nitrogen and oxygen atoms in total. The minimum atomic E-state index is 0.196. The van der Waals surface area contributed by atoms with Crippen LogP contribution in [0, 0.1) is 5.41 Å². The van der Waals surface area contributed by atoms with Gasteiger partial charge in [0, 0.05) is 23.7 Å². The number of nitrogens with one attached hydrogen (secondary N) is 2. The summed E-state index contributed by atoms with van der Waals surface area (Å²) in [6.07, 6.45) is 0.558. The second-order valence-electron chi connectivity index (χ2n) is 2.71. The predicted octanol–water partition coefficient (Wildman–Crippen LogP) is 2.08. The molecule has 0 spiro atoms. The first-order valence-corrected chi connectivity index (χ1v) is 4.38. The van der Waals surface area contributed by atoms with Gasteiger partial charge in [0.1, 0.15) is 0 Å². The number of nitrogens with two attached hydrogens (primary N) is 1. The Kier molecular flexibility index (Phi) is 3.58. The van der Waals surface area contributed by atoms with Crippen molar-refractivity contribution >= 4 is 23.1 Å². The highest BCUT2D eigenvalue weighted by Gasteiger charge is 1.92. The Labute approximate surface area is 82.4 Å². The highest BCUT2D eigenvalue weighted by molar-refractivity contribution is 6.30. The van der Waals surface area contributed by atoms with Crippen LogP contribution < -0.4 is 11.1 Å². The first kappa shape index (κ1) is 9.86. The fraction of sp³-hybridized carbons (Fsp3) is 0.222. The maximum Gasteiger partial charge on any atom is 0.0923 e. The van der Waals surface area contributed by atoms with Crippen LogP contribution in [-0.4, -0.2) is 12.4 Å². The van der Waals surface area contributed by atoms with Crippen LogP contribution in [0.15, 0.2) is 24.3 Å². The van der Waals surface area contributed by atoms with Crippen LogP contribution >= 0.6 is 11.6 Å². The van der Waals surface area contributed by atoms with Gasteiger partial charge in [-0.1, -0.05) is 11.6 Å². The summed E-state index contributed by atoms with van der Waals surface area (Å²) in [6, 6.07) is 7.42. The Balaban J connectivity index is 2.37. The lowest BCUT2D eigenvalue weighted by atomic mass is 10.3. The summed E-state index contributed by atoms with van der Waals surface area (Å²) in [7, 11) is 0. The Hall–Kier alpha value is -1.22. The standard InChI is InChI=1S/C9H12ClN3/c10-7-1-3-8(4-2-7)13-6-5-9(11)12/h1-4,13H,5-6H2,(H3,11,12). The molecule has 0 aliphatic rings. The molecule has 0 aliphatic carbocycles. The number of amidine groups is 1. The van der Waals surface area contributed by atoms with Crippen molar-refractivity contribution in [3.8, 4) is 0 Å². The first-order valence-electron chi connectivity index (χ1n) is 4.01. The lowest BCUT2D eigenvalue weighted by Gasteiger charge is -2.04. The topological polar surface area (TPSA) is 61.9 Å². The molecule has 1 aromatic rings. The molecular weight excluding hydrogens is 186 g/mol. The summed E-state index contributed by atoms with van der Waals surface area (Å²) in [5, 5.41) is 10.9. The number of hydrogen-bond acceptors (Lipinski definition) is 2. The lowest BCUT2D eigenvalue weighted by molar-refractivity contribution is 1.08. The monoisotopic (exact) mass is 197 g/mol. The van der Waals surface area contributed by atoms with Crippen LogP contribution in [0.5, 0.6) is 0 Å². The summed E-state index contributed by atoms with van der Waals surface area (Å²) in [5.41, 5.74) is 6.19. The molecule has 0 amide bonds. The summed E-state index contributed by atoms with van der Waals surface area (Å²) in [4.78, 5) is 0. The van der Waals surface area contributed by atoms with E-state index in [9.17, 15) is 0 Å². The third-order valence-electron chi connectivity index (χ3n) is 1.57. The molecule has 4 N–H and O–H groups in total. The van der Waals surface area contributed by atoms with Gasteiger partial charge in [-0.05, 0) is 24.3 Å². The van der Waals surface area contributed by atoms with E-state index in [1.54, 1.807) is 0 Å². The van der Waals surface area contributed by atoms with E-state index in [1.807, 2.05) is 24.3 Å². The van der Waals surface area contributed by atoms with E-state index in [-0.39, 0.29) is 5.84 Å². The van der Waals surface area contributed by atoms with E-state index < -0.39 is 0 Å². The van der Waals surface area contributed by atoms with Gasteiger partial charge in [0.25, 0.3) is 0 Å². The van der Waals surface area contributed by atoms with Crippen molar-refractivity contribution in [2.24, 2.45) is 5.73 Å². The van der Waals surface area contributed by atoms with Crippen LogP contribution in [0.1, 0.15) is 6.42 Å². The molecule has 0 aliphatic heterocycles. The van der Waals surface area contributed by atoms with Crippen LogP contribution in [0.25, 0.3) is 0 Å². The zero-order valence-corrected chi connectivity index (χ0v) is 7.93. The van der Waals surface area contributed by atoms with Gasteiger partial charge in [-0.2, -0.15) is 0 Å². The molecule has 0 heterocycles. The lowest BCUT2D eigenvalue weighted by Crippen LogP contribution is -2.14. The Morgan fingerprint density at radius 3 is 2.54 bits per heavy atom. The van der Waals surface area contributed by atoms with Gasteiger partial charge >= 0.3 is 0 Å². The fourth-order valence-electron chi connectivity index (χ4n) is 0.909. The van der Waals surface area contributed by atoms with E-state index in [2.05, 4.69) is 5.32 Å². The first-order chi connectivity index (χ1) is 6.18. The fourth-order valence-corrected chi connectivity index (χ4v) is 1.04. The molecule has 0 fully saturated rings. The largest absolute Gasteiger partial charge is 0.388 e. The number of anilines is 1. The Bertz CT molecular complexity index is 281. The maximum absolute atomic E-state index is 7.01. The number of halogens is 1. The molecular formula is C9H12ClN3. The predicted molar refractivity (Wildman–Crippen MR) is 56.5 cm³/mol. The smallest absolute Gasteiger partial charge is 0.0923 e. The molecule has 0 saturated carbocycles. The molecule has 4 heteroatoms. The molecule has 0 bridgehead atoms. The van der Waals surface area contributed by atoms with Gasteiger partial charge in [-0.15, -0.1) is 0 Å². The molecule has 0 radical (unpaired) electrons. The number of benzene rings is 1. The quantitative estimate of drug-likeness (QED) is 0.511. The second kappa shape index (κ2) is 4.72. The molecule has 1 rings (SSSR count). The van der Waals surface area contributed by atoms with Gasteiger partial charge in [0.2, 0.25) is 0 Å². The molecule has 0 saturated heterocycles. The summed E-state index contributed by atoms with van der Waals surface area (Å²) < 4.78 is 0. The van der Waals surface area contributed by atoms with Crippen molar-refractivity contribution in [1.82, 2.24) is 0 Å². The summed E-state index contributed by atoms with van der Waals surface area (Å²) in [6.45, 7) is 0.678. The Morgan fingerprint density at radius 2 is 2.00 bits per heavy atom. The summed E-state index contributed by atoms with van der Waals surface area (Å²) in [5.74, 6) is 0.196. The minimum Gasteiger partial charge on any atom is -0.388 e. The molecule has 70 valence electrons. The molecule has 13 heavy (non-hydrogen) atoms. The van der Waals surface area contributed by atoms with Crippen LogP contribution in [0.4, 0.5) is 5.69 Å². The SMILES string of the molecule is N=C(N)CCNc1ccc(Cl)cc1. The van der Waals surface area contributed by atoms with Crippen molar-refractivity contribution < 1.29 is 0 Å². The number of rotatable bonds is 4. The normalized spacial score (nSPS) is 9.62. The van der Waals surface area contributed by atoms with Crippen LogP contribution in [0.3, 0.4) is 0 Å². The molecule has 0 unspecified atom stereocenters. The van der Waals surface area contributed by atoms with Gasteiger partial charge in [0.15, 0.2) is 0 Å². The second-order valence-corrected chi connectivity index (χ2v) is 3.15. The third kappa shape index (κ3) is 3.80. The van der Waals surface area contributed by atoms with Crippen LogP contribution in [0.2, 0.25) is 5.02 Å². The molecule has 0 aromatic heterocycles. The Morgan fingerprint density at radius 1 is 1.38 bits per heavy atom. The van der Waals surface area contributed by atoms with Gasteiger partial charge in [-0.3, -0.25) is 5.41 Å².